The Hall–Kier alpha value is -0.130. The molecule has 1 saturated carbocycles. The first-order chi connectivity index (χ1) is 6.68. The summed E-state index contributed by atoms with van der Waals surface area (Å²) in [5.74, 6) is 0.344. The highest BCUT2D eigenvalue weighted by atomic mass is 32.2. The maximum Gasteiger partial charge on any atom is 0.214 e. The van der Waals surface area contributed by atoms with Crippen LogP contribution in [0.25, 0.3) is 0 Å². The minimum Gasteiger partial charge on any atom is -0.313 e. The highest BCUT2D eigenvalue weighted by Crippen LogP contribution is 2.18. The molecule has 1 heterocycles. The molecule has 0 aromatic heterocycles. The van der Waals surface area contributed by atoms with Gasteiger partial charge in [0.1, 0.15) is 0 Å². The molecule has 1 saturated heterocycles. The van der Waals surface area contributed by atoms with Gasteiger partial charge in [-0.2, -0.15) is 0 Å². The Morgan fingerprint density at radius 1 is 1.29 bits per heavy atom. The third-order valence-electron chi connectivity index (χ3n) is 3.10. The van der Waals surface area contributed by atoms with Crippen molar-refractivity contribution in [1.82, 2.24) is 9.62 Å². The van der Waals surface area contributed by atoms with Gasteiger partial charge in [-0.3, -0.25) is 0 Å². The summed E-state index contributed by atoms with van der Waals surface area (Å²) in [5, 5.41) is 3.38. The minimum atomic E-state index is -2.88. The summed E-state index contributed by atoms with van der Waals surface area (Å²) in [5.41, 5.74) is 0. The molecule has 2 fully saturated rings. The molecule has 4 nitrogen and oxygen atoms in total. The number of nitrogens with one attached hydrogen (secondary N) is 1. The average Bonchev–Trinajstić information content (AvgIpc) is 2.36. The largest absolute Gasteiger partial charge is 0.313 e. The van der Waals surface area contributed by atoms with Crippen molar-refractivity contribution >= 4 is 10.0 Å². The standard InChI is InChI=1S/C9H18N2O2S/c12-14(13)8-2-6-11(14)7-5-10-9-3-1-4-9/h9-10H,1-8H2. The molecule has 1 N–H and O–H groups in total. The normalized spacial score (nSPS) is 27.7. The number of hydrogen-bond donors (Lipinski definition) is 1. The summed E-state index contributed by atoms with van der Waals surface area (Å²) < 4.78 is 24.4. The maximum atomic E-state index is 11.4. The van der Waals surface area contributed by atoms with Crippen LogP contribution >= 0.6 is 0 Å². The maximum absolute atomic E-state index is 11.4. The fourth-order valence-corrected chi connectivity index (χ4v) is 3.48. The van der Waals surface area contributed by atoms with Crippen LogP contribution in [-0.2, 0) is 10.0 Å². The molecule has 0 unspecified atom stereocenters. The van der Waals surface area contributed by atoms with E-state index < -0.39 is 10.0 Å². The molecule has 14 heavy (non-hydrogen) atoms. The molecule has 0 aromatic rings. The van der Waals surface area contributed by atoms with Crippen molar-refractivity contribution in [3.8, 4) is 0 Å². The van der Waals surface area contributed by atoms with E-state index in [4.69, 9.17) is 0 Å². The molecule has 0 amide bonds. The first-order valence-corrected chi connectivity index (χ1v) is 7.00. The molecule has 2 rings (SSSR count). The van der Waals surface area contributed by atoms with Crippen LogP contribution in [0.5, 0.6) is 0 Å². The second-order valence-corrected chi connectivity index (χ2v) is 6.24. The molecule has 0 spiro atoms. The van der Waals surface area contributed by atoms with E-state index >= 15 is 0 Å². The van der Waals surface area contributed by atoms with Crippen molar-refractivity contribution in [3.63, 3.8) is 0 Å². The molecule has 82 valence electrons. The molecule has 1 aliphatic heterocycles. The summed E-state index contributed by atoms with van der Waals surface area (Å²) in [7, 11) is -2.88. The Morgan fingerprint density at radius 2 is 2.07 bits per heavy atom. The SMILES string of the molecule is O=S1(=O)CCCN1CCNC1CCC1. The molecule has 0 bridgehead atoms. The summed E-state index contributed by atoms with van der Waals surface area (Å²) in [6.45, 7) is 2.18. The van der Waals surface area contributed by atoms with Crippen molar-refractivity contribution in [2.45, 2.75) is 31.7 Å². The Labute approximate surface area is 85.7 Å². The number of hydrogen-bond acceptors (Lipinski definition) is 3. The van der Waals surface area contributed by atoms with E-state index in [1.807, 2.05) is 0 Å². The second kappa shape index (κ2) is 4.16. The van der Waals surface area contributed by atoms with E-state index in [1.54, 1.807) is 4.31 Å². The lowest BCUT2D eigenvalue weighted by Gasteiger charge is -2.27. The van der Waals surface area contributed by atoms with Gasteiger partial charge in [0, 0.05) is 25.7 Å². The number of sulfonamides is 1. The Balaban J connectivity index is 1.69. The molecule has 0 aromatic carbocycles. The molecular weight excluding hydrogens is 200 g/mol. The van der Waals surface area contributed by atoms with Crippen molar-refractivity contribution in [2.75, 3.05) is 25.4 Å². The topological polar surface area (TPSA) is 49.4 Å². The zero-order chi connectivity index (χ0) is 10.0. The smallest absolute Gasteiger partial charge is 0.214 e. The van der Waals surface area contributed by atoms with E-state index in [2.05, 4.69) is 5.32 Å². The average molecular weight is 218 g/mol. The number of rotatable bonds is 4. The first kappa shape index (κ1) is 10.4. The summed E-state index contributed by atoms with van der Waals surface area (Å²) >= 11 is 0. The van der Waals surface area contributed by atoms with Crippen LogP contribution in [0.2, 0.25) is 0 Å². The van der Waals surface area contributed by atoms with E-state index in [0.717, 1.165) is 13.0 Å². The summed E-state index contributed by atoms with van der Waals surface area (Å²) in [6.07, 6.45) is 4.63. The van der Waals surface area contributed by atoms with Crippen LogP contribution < -0.4 is 5.32 Å². The third kappa shape index (κ3) is 2.27. The van der Waals surface area contributed by atoms with Crippen molar-refractivity contribution in [3.05, 3.63) is 0 Å². The predicted octanol–water partition coefficient (Wildman–Crippen LogP) is 0.164. The van der Waals surface area contributed by atoms with Gasteiger partial charge in [0.15, 0.2) is 0 Å². The molecule has 0 atom stereocenters. The Kier molecular flexibility index (Phi) is 3.09. The molecule has 1 aliphatic carbocycles. The zero-order valence-electron chi connectivity index (χ0n) is 8.41. The Morgan fingerprint density at radius 3 is 2.57 bits per heavy atom. The molecule has 2 aliphatic rings. The quantitative estimate of drug-likeness (QED) is 0.731. The lowest BCUT2D eigenvalue weighted by atomic mass is 9.93. The monoisotopic (exact) mass is 218 g/mol. The van der Waals surface area contributed by atoms with E-state index in [-0.39, 0.29) is 0 Å². The van der Waals surface area contributed by atoms with Crippen LogP contribution in [0.15, 0.2) is 0 Å². The predicted molar refractivity (Wildman–Crippen MR) is 55.6 cm³/mol. The molecular formula is C9H18N2O2S. The van der Waals surface area contributed by atoms with Gasteiger partial charge in [-0.05, 0) is 19.3 Å². The van der Waals surface area contributed by atoms with Gasteiger partial charge >= 0.3 is 0 Å². The minimum absolute atomic E-state index is 0.344. The lowest BCUT2D eigenvalue weighted by molar-refractivity contribution is 0.325. The Bertz CT molecular complexity index is 285. The van der Waals surface area contributed by atoms with Crippen LogP contribution in [0.4, 0.5) is 0 Å². The highest BCUT2D eigenvalue weighted by molar-refractivity contribution is 7.89. The summed E-state index contributed by atoms with van der Waals surface area (Å²) in [6, 6.07) is 0.653. The first-order valence-electron chi connectivity index (χ1n) is 5.40. The van der Waals surface area contributed by atoms with Gasteiger partial charge in [0.2, 0.25) is 10.0 Å². The van der Waals surface area contributed by atoms with Crippen LogP contribution in [-0.4, -0.2) is 44.2 Å². The van der Waals surface area contributed by atoms with Crippen LogP contribution in [0.1, 0.15) is 25.7 Å². The van der Waals surface area contributed by atoms with Gasteiger partial charge < -0.3 is 5.32 Å². The lowest BCUT2D eigenvalue weighted by Crippen LogP contribution is -2.40. The van der Waals surface area contributed by atoms with Gasteiger partial charge in [0.25, 0.3) is 0 Å². The fraction of sp³-hybridized carbons (Fsp3) is 1.00. The van der Waals surface area contributed by atoms with E-state index in [9.17, 15) is 8.42 Å². The zero-order valence-corrected chi connectivity index (χ0v) is 9.22. The molecule has 0 radical (unpaired) electrons. The van der Waals surface area contributed by atoms with E-state index in [0.29, 0.717) is 24.9 Å². The van der Waals surface area contributed by atoms with Crippen molar-refractivity contribution < 1.29 is 8.42 Å². The van der Waals surface area contributed by atoms with E-state index in [1.165, 1.54) is 19.3 Å². The van der Waals surface area contributed by atoms with Crippen LogP contribution in [0.3, 0.4) is 0 Å². The number of nitrogens with zero attached hydrogens (tertiary/aromatic N) is 1. The van der Waals surface area contributed by atoms with Gasteiger partial charge in [-0.25, -0.2) is 12.7 Å². The molecule has 5 heteroatoms. The van der Waals surface area contributed by atoms with Gasteiger partial charge in [0.05, 0.1) is 5.75 Å². The van der Waals surface area contributed by atoms with Crippen molar-refractivity contribution in [2.24, 2.45) is 0 Å². The third-order valence-corrected chi connectivity index (χ3v) is 5.06. The van der Waals surface area contributed by atoms with Gasteiger partial charge in [-0.15, -0.1) is 0 Å². The second-order valence-electron chi connectivity index (χ2n) is 4.15. The fourth-order valence-electron chi connectivity index (χ4n) is 1.95. The highest BCUT2D eigenvalue weighted by Gasteiger charge is 2.27. The van der Waals surface area contributed by atoms with Crippen LogP contribution in [0, 0.1) is 0 Å². The van der Waals surface area contributed by atoms with Gasteiger partial charge in [-0.1, -0.05) is 6.42 Å². The van der Waals surface area contributed by atoms with Crippen molar-refractivity contribution in [1.29, 1.82) is 0 Å². The summed E-state index contributed by atoms with van der Waals surface area (Å²) in [4.78, 5) is 0.